The van der Waals surface area contributed by atoms with E-state index in [1.807, 2.05) is 34.6 Å². The van der Waals surface area contributed by atoms with Crippen molar-refractivity contribution in [3.8, 4) is 0 Å². The summed E-state index contributed by atoms with van der Waals surface area (Å²) in [7, 11) is 0. The molecule has 0 aromatic rings. The third-order valence-electron chi connectivity index (χ3n) is 10.6. The van der Waals surface area contributed by atoms with Crippen LogP contribution in [0, 0.1) is 11.8 Å². The van der Waals surface area contributed by atoms with Crippen LogP contribution in [0.25, 0.3) is 0 Å². The van der Waals surface area contributed by atoms with Gasteiger partial charge in [-0.1, -0.05) is 54.4 Å². The van der Waals surface area contributed by atoms with Gasteiger partial charge < -0.3 is 84.2 Å². The molecule has 19 atom stereocenters. The topological polar surface area (TPSA) is 301 Å². The molecule has 2 aliphatic rings. The van der Waals surface area contributed by atoms with E-state index in [1.165, 1.54) is 6.92 Å². The van der Waals surface area contributed by atoms with E-state index >= 15 is 0 Å². The van der Waals surface area contributed by atoms with Crippen molar-refractivity contribution >= 4 is 11.9 Å². The largest absolute Gasteiger partial charge is 0.463 e. The van der Waals surface area contributed by atoms with Gasteiger partial charge in [0.15, 0.2) is 12.6 Å². The number of ether oxygens (including phenoxy) is 7. The van der Waals surface area contributed by atoms with E-state index in [4.69, 9.17) is 33.2 Å². The van der Waals surface area contributed by atoms with Crippen LogP contribution in [0.2, 0.25) is 0 Å². The lowest BCUT2D eigenvalue weighted by Crippen LogP contribution is -2.60. The van der Waals surface area contributed by atoms with Crippen LogP contribution in [-0.2, 0) is 42.7 Å². The summed E-state index contributed by atoms with van der Waals surface area (Å²) in [6.07, 6.45) is -20.3. The number of aliphatic hydroxyl groups excluding tert-OH is 10. The molecule has 0 spiro atoms. The summed E-state index contributed by atoms with van der Waals surface area (Å²) in [4.78, 5) is 25.6. The summed E-state index contributed by atoms with van der Waals surface area (Å²) in [6, 6.07) is 0. The van der Waals surface area contributed by atoms with Crippen LogP contribution in [0.1, 0.15) is 101 Å². The number of hydrogen-bond acceptors (Lipinski definition) is 19. The van der Waals surface area contributed by atoms with Gasteiger partial charge in [0.2, 0.25) is 0 Å². The first-order valence-electron chi connectivity index (χ1n) is 20.6. The Morgan fingerprint density at radius 1 is 0.672 bits per heavy atom. The molecule has 2 aliphatic heterocycles. The van der Waals surface area contributed by atoms with Crippen LogP contribution in [0.15, 0.2) is 0 Å². The molecule has 0 aliphatic carbocycles. The molecule has 19 heteroatoms. The number of esters is 2. The molecule has 2 saturated heterocycles. The number of carbonyl (C=O) groups is 2. The first-order valence-corrected chi connectivity index (χ1v) is 20.6. The Balaban J connectivity index is 0.00000827. The van der Waals surface area contributed by atoms with E-state index in [2.05, 4.69) is 0 Å². The molecule has 2 fully saturated rings. The highest BCUT2D eigenvalue weighted by molar-refractivity contribution is 5.70. The minimum atomic E-state index is -1.66. The molecule has 0 bridgehead atoms. The molecule has 19 nitrogen and oxygen atoms in total. The lowest BCUT2D eigenvalue weighted by Gasteiger charge is -2.43. The van der Waals surface area contributed by atoms with Crippen molar-refractivity contribution in [1.29, 1.82) is 0 Å². The molecule has 0 unspecified atom stereocenters. The van der Waals surface area contributed by atoms with Gasteiger partial charge in [-0.3, -0.25) is 9.59 Å². The van der Waals surface area contributed by atoms with E-state index in [9.17, 15) is 60.7 Å². The van der Waals surface area contributed by atoms with Crippen molar-refractivity contribution in [2.75, 3.05) is 19.8 Å². The molecule has 0 saturated carbocycles. The predicted octanol–water partition coefficient (Wildman–Crippen LogP) is -0.974. The Morgan fingerprint density at radius 2 is 1.17 bits per heavy atom. The van der Waals surface area contributed by atoms with Crippen LogP contribution < -0.4 is 0 Å². The van der Waals surface area contributed by atoms with Gasteiger partial charge in [0.05, 0.1) is 62.7 Å². The van der Waals surface area contributed by atoms with Crippen molar-refractivity contribution in [2.45, 2.75) is 205 Å². The molecule has 10 N–H and O–H groups in total. The standard InChI is InChI=1S/C37H68O19.C2H6/c1-8-17(3)25(53-30(45)13-23(42)11-26(18(4)9-2)54-37-33(48)31(46)28(15-39)56-37)10-22(41)12-29(44)50-16-24(43)27(14-38)55-36-34(49)32(47)35(21(7)52-36)51-20(6)19(5)40;1-2/h17-28,31-43,46-49H,8-16H2,1-7H3;1-2H3/t17-,18-,19+,20+,21-,22-,23-,24-,25-,26-,27-,28-,31-,32-,33+,34+,35-,36-,37+;/m0./s1. The Morgan fingerprint density at radius 3 is 1.69 bits per heavy atom. The van der Waals surface area contributed by atoms with Crippen molar-refractivity contribution in [3.63, 3.8) is 0 Å². The van der Waals surface area contributed by atoms with Crippen molar-refractivity contribution in [3.05, 3.63) is 0 Å². The molecule has 0 radical (unpaired) electrons. The summed E-state index contributed by atoms with van der Waals surface area (Å²) < 4.78 is 38.8. The maximum atomic E-state index is 12.9. The number of rotatable bonds is 25. The third kappa shape index (κ3) is 17.0. The van der Waals surface area contributed by atoms with Gasteiger partial charge in [-0.05, 0) is 32.6 Å². The fourth-order valence-corrected chi connectivity index (χ4v) is 6.24. The second-order valence-corrected chi connectivity index (χ2v) is 15.2. The quantitative estimate of drug-likeness (QED) is 0.0494. The molecule has 58 heavy (non-hydrogen) atoms. The monoisotopic (exact) mass is 846 g/mol. The fraction of sp³-hybridized carbons (Fsp3) is 0.949. The van der Waals surface area contributed by atoms with Crippen LogP contribution in [0.3, 0.4) is 0 Å². The molecular weight excluding hydrogens is 772 g/mol. The molecule has 344 valence electrons. The Hall–Kier alpha value is -1.66. The third-order valence-corrected chi connectivity index (χ3v) is 10.6. The highest BCUT2D eigenvalue weighted by atomic mass is 16.7. The van der Waals surface area contributed by atoms with Crippen LogP contribution in [0.5, 0.6) is 0 Å². The van der Waals surface area contributed by atoms with E-state index in [1.54, 1.807) is 20.8 Å². The second-order valence-electron chi connectivity index (χ2n) is 15.2. The highest BCUT2D eigenvalue weighted by Gasteiger charge is 2.47. The molecule has 0 amide bonds. The first kappa shape index (κ1) is 54.4. The zero-order valence-electron chi connectivity index (χ0n) is 35.5. The van der Waals surface area contributed by atoms with Gasteiger partial charge in [0.1, 0.15) is 61.5 Å². The lowest BCUT2D eigenvalue weighted by molar-refractivity contribution is -0.323. The van der Waals surface area contributed by atoms with Crippen LogP contribution in [-0.4, -0.2) is 187 Å². The summed E-state index contributed by atoms with van der Waals surface area (Å²) in [6.45, 7) is 14.0. The van der Waals surface area contributed by atoms with Gasteiger partial charge in [0.25, 0.3) is 0 Å². The maximum Gasteiger partial charge on any atom is 0.308 e. The number of hydrogen-bond donors (Lipinski definition) is 10. The van der Waals surface area contributed by atoms with E-state index < -0.39 is 149 Å². The summed E-state index contributed by atoms with van der Waals surface area (Å²) in [5, 5.41) is 103. The Labute approximate surface area is 342 Å². The lowest BCUT2D eigenvalue weighted by atomic mass is 9.94. The Kier molecular flexibility index (Phi) is 25.6. The summed E-state index contributed by atoms with van der Waals surface area (Å²) in [5.41, 5.74) is 0. The van der Waals surface area contributed by atoms with Crippen molar-refractivity contribution < 1.29 is 93.8 Å². The smallest absolute Gasteiger partial charge is 0.308 e. The van der Waals surface area contributed by atoms with E-state index in [0.717, 1.165) is 0 Å². The normalized spacial score (nSPS) is 31.3. The minimum Gasteiger partial charge on any atom is -0.463 e. The zero-order valence-corrected chi connectivity index (χ0v) is 35.5. The van der Waals surface area contributed by atoms with Gasteiger partial charge in [-0.25, -0.2) is 0 Å². The Bertz CT molecular complexity index is 1130. The number of aliphatic hydroxyl groups is 10. The van der Waals surface area contributed by atoms with Gasteiger partial charge >= 0.3 is 11.9 Å². The zero-order chi connectivity index (χ0) is 44.4. The summed E-state index contributed by atoms with van der Waals surface area (Å²) >= 11 is 0. The second kappa shape index (κ2) is 27.3. The van der Waals surface area contributed by atoms with Crippen LogP contribution in [0.4, 0.5) is 0 Å². The van der Waals surface area contributed by atoms with Gasteiger partial charge in [-0.15, -0.1) is 0 Å². The highest BCUT2D eigenvalue weighted by Crippen LogP contribution is 2.29. The van der Waals surface area contributed by atoms with Crippen LogP contribution >= 0.6 is 0 Å². The summed E-state index contributed by atoms with van der Waals surface area (Å²) in [5.74, 6) is -2.09. The molecule has 0 aromatic carbocycles. The fourth-order valence-electron chi connectivity index (χ4n) is 6.24. The van der Waals surface area contributed by atoms with Gasteiger partial charge in [-0.2, -0.15) is 0 Å². The molecule has 0 aromatic heterocycles. The minimum absolute atomic E-state index is 0.0397. The predicted molar refractivity (Wildman–Crippen MR) is 205 cm³/mol. The van der Waals surface area contributed by atoms with Gasteiger partial charge in [0, 0.05) is 12.8 Å². The molecule has 2 heterocycles. The first-order chi connectivity index (χ1) is 27.3. The number of carbonyl (C=O) groups excluding carboxylic acids is 2. The van der Waals surface area contributed by atoms with Crippen molar-refractivity contribution in [2.24, 2.45) is 11.8 Å². The van der Waals surface area contributed by atoms with Crippen molar-refractivity contribution in [1.82, 2.24) is 0 Å². The molecular formula is C39H74O19. The maximum absolute atomic E-state index is 12.9. The molecule has 2 rings (SSSR count). The van der Waals surface area contributed by atoms with E-state index in [0.29, 0.717) is 12.8 Å². The SMILES string of the molecule is CC.CC[C@H](C)[C@H](C[C@H](O)CC(=O)OC[C@H](O)[C@H](CO)O[C@@H]1O[C@@H](C)[C@H](O[C@H](C)[C@@H](C)O)[C@@H](O)[C@H]1O)OC(=O)C[C@@H](O)C[C@H](O[C@@H]1O[C@@H](CO)[C@H](O)[C@H]1O)[C@@H](C)CC. The average molecular weight is 847 g/mol. The average Bonchev–Trinajstić information content (AvgIpc) is 3.46. The van der Waals surface area contributed by atoms with E-state index in [-0.39, 0.29) is 24.7 Å².